The first-order chi connectivity index (χ1) is 8.99. The predicted molar refractivity (Wildman–Crippen MR) is 64.8 cm³/mol. The molecule has 2 rings (SSSR count). The molecule has 9 heteroatoms. The number of pyridine rings is 1. The highest BCUT2D eigenvalue weighted by Crippen LogP contribution is 2.22. The first-order valence-electron chi connectivity index (χ1n) is 5.35. The predicted octanol–water partition coefficient (Wildman–Crippen LogP) is 0.215. The highest BCUT2D eigenvalue weighted by Gasteiger charge is 2.28. The summed E-state index contributed by atoms with van der Waals surface area (Å²) in [5, 5.41) is 13.4. The van der Waals surface area contributed by atoms with Gasteiger partial charge in [0.05, 0.1) is 11.5 Å². The number of nitrogens with zero attached hydrogens (tertiary/aromatic N) is 3. The molecule has 0 aromatic carbocycles. The van der Waals surface area contributed by atoms with Gasteiger partial charge in [-0.1, -0.05) is 11.6 Å². The lowest BCUT2D eigenvalue weighted by Crippen LogP contribution is -2.50. The second-order valence-corrected chi connectivity index (χ2v) is 4.25. The summed E-state index contributed by atoms with van der Waals surface area (Å²) in [5.41, 5.74) is -0.597. The van der Waals surface area contributed by atoms with Crippen LogP contribution in [0.25, 0.3) is 0 Å². The van der Waals surface area contributed by atoms with Gasteiger partial charge in [-0.25, -0.2) is 4.98 Å². The Balaban J connectivity index is 2.34. The number of carbonyl (C=O) groups excluding carboxylic acids is 2. The van der Waals surface area contributed by atoms with Crippen LogP contribution < -0.4 is 5.32 Å². The normalized spacial score (nSPS) is 15.0. The van der Waals surface area contributed by atoms with Crippen molar-refractivity contribution in [3.63, 3.8) is 0 Å². The van der Waals surface area contributed by atoms with Gasteiger partial charge in [0.2, 0.25) is 5.91 Å². The zero-order valence-corrected chi connectivity index (χ0v) is 10.4. The maximum atomic E-state index is 12.2. The number of halogens is 1. The van der Waals surface area contributed by atoms with Crippen LogP contribution in [0.15, 0.2) is 12.3 Å². The first-order valence-corrected chi connectivity index (χ1v) is 5.72. The van der Waals surface area contributed by atoms with Crippen molar-refractivity contribution in [2.45, 2.75) is 0 Å². The second kappa shape index (κ2) is 5.19. The van der Waals surface area contributed by atoms with Crippen LogP contribution in [0.4, 0.5) is 5.69 Å². The fourth-order valence-electron chi connectivity index (χ4n) is 1.72. The molecular weight excluding hydrogens is 276 g/mol. The number of amides is 2. The molecule has 8 nitrogen and oxygen atoms in total. The smallest absolute Gasteiger partial charge is 0.300 e. The van der Waals surface area contributed by atoms with E-state index in [9.17, 15) is 19.7 Å². The highest BCUT2D eigenvalue weighted by atomic mass is 35.5. The molecule has 100 valence electrons. The second-order valence-electron chi connectivity index (χ2n) is 3.86. The van der Waals surface area contributed by atoms with Crippen LogP contribution in [-0.4, -0.2) is 46.3 Å². The quantitative estimate of drug-likeness (QED) is 0.475. The van der Waals surface area contributed by atoms with Gasteiger partial charge in [0.15, 0.2) is 0 Å². The maximum Gasteiger partial charge on any atom is 0.300 e. The zero-order valence-electron chi connectivity index (χ0n) is 9.63. The van der Waals surface area contributed by atoms with Crippen molar-refractivity contribution in [2.75, 3.05) is 19.6 Å². The number of piperazine rings is 1. The van der Waals surface area contributed by atoms with E-state index in [-0.39, 0.29) is 23.2 Å². The van der Waals surface area contributed by atoms with Gasteiger partial charge in [-0.3, -0.25) is 19.7 Å². The van der Waals surface area contributed by atoms with Gasteiger partial charge >= 0.3 is 0 Å². The van der Waals surface area contributed by atoms with E-state index in [1.165, 1.54) is 4.90 Å². The van der Waals surface area contributed by atoms with Crippen LogP contribution >= 0.6 is 11.6 Å². The minimum Gasteiger partial charge on any atom is -0.353 e. The van der Waals surface area contributed by atoms with Crippen LogP contribution in [0.2, 0.25) is 5.15 Å². The summed E-state index contributed by atoms with van der Waals surface area (Å²) in [6.07, 6.45) is 0.930. The van der Waals surface area contributed by atoms with Crippen molar-refractivity contribution in [1.82, 2.24) is 15.2 Å². The van der Waals surface area contributed by atoms with Gasteiger partial charge in [-0.05, 0) is 6.07 Å². The third-order valence-electron chi connectivity index (χ3n) is 2.60. The average Bonchev–Trinajstić information content (AvgIpc) is 2.37. The Labute approximate surface area is 112 Å². The van der Waals surface area contributed by atoms with Crippen LogP contribution in [0.1, 0.15) is 10.4 Å². The van der Waals surface area contributed by atoms with Crippen molar-refractivity contribution >= 4 is 29.1 Å². The third kappa shape index (κ3) is 2.79. The Hall–Kier alpha value is -2.22. The topological polar surface area (TPSA) is 105 Å². The van der Waals surface area contributed by atoms with Crippen LogP contribution in [0, 0.1) is 10.1 Å². The van der Waals surface area contributed by atoms with Crippen molar-refractivity contribution in [1.29, 1.82) is 0 Å². The van der Waals surface area contributed by atoms with E-state index in [4.69, 9.17) is 11.6 Å². The van der Waals surface area contributed by atoms with Crippen molar-refractivity contribution in [3.05, 3.63) is 33.1 Å². The number of hydrogen-bond donors (Lipinski definition) is 1. The molecule has 2 amide bonds. The van der Waals surface area contributed by atoms with Crippen LogP contribution in [0.3, 0.4) is 0 Å². The molecule has 19 heavy (non-hydrogen) atoms. The molecule has 1 aliphatic rings. The zero-order chi connectivity index (χ0) is 14.0. The molecule has 0 unspecified atom stereocenters. The van der Waals surface area contributed by atoms with E-state index in [1.807, 2.05) is 0 Å². The summed E-state index contributed by atoms with van der Waals surface area (Å²) in [5.74, 6) is -0.909. The molecule has 0 atom stereocenters. The summed E-state index contributed by atoms with van der Waals surface area (Å²) >= 11 is 5.65. The minimum atomic E-state index is -0.708. The Kier molecular flexibility index (Phi) is 3.61. The van der Waals surface area contributed by atoms with Crippen molar-refractivity contribution in [2.24, 2.45) is 0 Å². The standard InChI is InChI=1S/C10H9ClN4O4/c11-8-3-6(7(4-13-8)15(18)19)10(17)14-2-1-12-9(16)5-14/h3-4H,1-2,5H2,(H,12,16). The summed E-state index contributed by atoms with van der Waals surface area (Å²) < 4.78 is 0. The van der Waals surface area contributed by atoms with E-state index in [0.717, 1.165) is 12.3 Å². The molecule has 1 fully saturated rings. The number of carbonyl (C=O) groups is 2. The van der Waals surface area contributed by atoms with Gasteiger partial charge in [-0.15, -0.1) is 0 Å². The van der Waals surface area contributed by atoms with Crippen LogP contribution in [0.5, 0.6) is 0 Å². The third-order valence-corrected chi connectivity index (χ3v) is 2.81. The lowest BCUT2D eigenvalue weighted by molar-refractivity contribution is -0.385. The number of hydrogen-bond acceptors (Lipinski definition) is 5. The number of nitrogens with one attached hydrogen (secondary N) is 1. The fourth-order valence-corrected chi connectivity index (χ4v) is 1.88. The Bertz CT molecular complexity index is 562. The SMILES string of the molecule is O=C1CN(C(=O)c2cc(Cl)ncc2[N+](=O)[O-])CCN1. The molecule has 0 aliphatic carbocycles. The van der Waals surface area contributed by atoms with Crippen molar-refractivity contribution < 1.29 is 14.5 Å². The Morgan fingerprint density at radius 3 is 2.95 bits per heavy atom. The van der Waals surface area contributed by atoms with E-state index in [0.29, 0.717) is 13.1 Å². The largest absolute Gasteiger partial charge is 0.353 e. The number of aromatic nitrogens is 1. The molecule has 0 radical (unpaired) electrons. The van der Waals surface area contributed by atoms with Crippen LogP contribution in [-0.2, 0) is 4.79 Å². The Morgan fingerprint density at radius 1 is 1.58 bits per heavy atom. The summed E-state index contributed by atoms with van der Waals surface area (Å²) in [4.78, 5) is 38.4. The van der Waals surface area contributed by atoms with Gasteiger partial charge in [-0.2, -0.15) is 0 Å². The molecule has 0 bridgehead atoms. The lowest BCUT2D eigenvalue weighted by Gasteiger charge is -2.26. The molecule has 2 heterocycles. The average molecular weight is 285 g/mol. The minimum absolute atomic E-state index is 0.0181. The van der Waals surface area contributed by atoms with Crippen molar-refractivity contribution in [3.8, 4) is 0 Å². The van der Waals surface area contributed by atoms with Gasteiger partial charge in [0, 0.05) is 13.1 Å². The molecule has 1 saturated heterocycles. The molecular formula is C10H9ClN4O4. The van der Waals surface area contributed by atoms with E-state index in [2.05, 4.69) is 10.3 Å². The molecule has 1 aromatic rings. The fraction of sp³-hybridized carbons (Fsp3) is 0.300. The van der Waals surface area contributed by atoms with E-state index >= 15 is 0 Å². The maximum absolute atomic E-state index is 12.2. The Morgan fingerprint density at radius 2 is 2.32 bits per heavy atom. The monoisotopic (exact) mass is 284 g/mol. The highest BCUT2D eigenvalue weighted by molar-refractivity contribution is 6.29. The number of rotatable bonds is 2. The molecule has 1 aliphatic heterocycles. The van der Waals surface area contributed by atoms with Gasteiger partial charge in [0.1, 0.15) is 16.9 Å². The summed E-state index contributed by atoms with van der Waals surface area (Å²) in [7, 11) is 0. The van der Waals surface area contributed by atoms with E-state index in [1.54, 1.807) is 0 Å². The van der Waals surface area contributed by atoms with Gasteiger partial charge < -0.3 is 10.2 Å². The number of nitro groups is 1. The summed E-state index contributed by atoms with van der Waals surface area (Å²) in [6, 6.07) is 1.13. The lowest BCUT2D eigenvalue weighted by atomic mass is 10.2. The molecule has 1 aromatic heterocycles. The molecule has 0 spiro atoms. The van der Waals surface area contributed by atoms with Gasteiger partial charge in [0.25, 0.3) is 11.6 Å². The van der Waals surface area contributed by atoms with E-state index < -0.39 is 16.5 Å². The molecule has 1 N–H and O–H groups in total. The summed E-state index contributed by atoms with van der Waals surface area (Å²) in [6.45, 7) is 0.481. The molecule has 0 saturated carbocycles. The first kappa shape index (κ1) is 13.2.